The number of nitrogen functional groups attached to an aromatic ring is 1. The molecule has 5 nitrogen and oxygen atoms in total. The highest BCUT2D eigenvalue weighted by Crippen LogP contribution is 2.22. The molecule has 0 unspecified atom stereocenters. The van der Waals surface area contributed by atoms with Gasteiger partial charge in [-0.25, -0.2) is 0 Å². The van der Waals surface area contributed by atoms with E-state index < -0.39 is 0 Å². The van der Waals surface area contributed by atoms with E-state index in [9.17, 15) is 4.79 Å². The summed E-state index contributed by atoms with van der Waals surface area (Å²) in [6, 6.07) is 8.86. The van der Waals surface area contributed by atoms with E-state index in [-0.39, 0.29) is 12.5 Å². The number of benzene rings is 1. The number of likely N-dealkylation sites (N-methyl/N-ethyl adjacent to an activating group) is 1. The van der Waals surface area contributed by atoms with Gasteiger partial charge in [-0.1, -0.05) is 23.7 Å². The Morgan fingerprint density at radius 3 is 2.85 bits per heavy atom. The predicted octanol–water partition coefficient (Wildman–Crippen LogP) is 2.39. The number of carbonyl (C=O) groups is 1. The third-order valence-electron chi connectivity index (χ3n) is 2.77. The lowest BCUT2D eigenvalue weighted by molar-refractivity contribution is -0.114. The predicted molar refractivity (Wildman–Crippen MR) is 82.0 cm³/mol. The Balaban J connectivity index is 2.02. The third kappa shape index (κ3) is 3.39. The first-order valence-electron chi connectivity index (χ1n) is 6.03. The summed E-state index contributed by atoms with van der Waals surface area (Å²) in [5, 5.41) is 3.27. The first kappa shape index (κ1) is 14.1. The van der Waals surface area contributed by atoms with Crippen molar-refractivity contribution in [1.29, 1.82) is 0 Å². The van der Waals surface area contributed by atoms with E-state index in [4.69, 9.17) is 17.3 Å². The topological polar surface area (TPSA) is 71.2 Å². The van der Waals surface area contributed by atoms with Gasteiger partial charge in [-0.05, 0) is 18.2 Å². The number of pyridine rings is 1. The van der Waals surface area contributed by atoms with Crippen molar-refractivity contribution in [3.63, 3.8) is 0 Å². The maximum atomic E-state index is 12.0. The Labute approximate surface area is 122 Å². The van der Waals surface area contributed by atoms with Gasteiger partial charge in [-0.2, -0.15) is 0 Å². The molecule has 0 aliphatic rings. The molecule has 0 saturated carbocycles. The van der Waals surface area contributed by atoms with Gasteiger partial charge in [0.1, 0.15) is 0 Å². The zero-order valence-corrected chi connectivity index (χ0v) is 11.8. The van der Waals surface area contributed by atoms with Gasteiger partial charge < -0.3 is 16.0 Å². The molecule has 0 aliphatic carbocycles. The summed E-state index contributed by atoms with van der Waals surface area (Å²) in [6.07, 6.45) is 3.19. The van der Waals surface area contributed by atoms with Gasteiger partial charge in [0.25, 0.3) is 0 Å². The fourth-order valence-corrected chi connectivity index (χ4v) is 1.98. The summed E-state index contributed by atoms with van der Waals surface area (Å²) in [7, 11) is 1.79. The smallest absolute Gasteiger partial charge is 0.243 e. The lowest BCUT2D eigenvalue weighted by atomic mass is 10.3. The Bertz CT molecular complexity index is 618. The zero-order chi connectivity index (χ0) is 14.5. The summed E-state index contributed by atoms with van der Waals surface area (Å²) in [6.45, 7) is 0.166. The molecule has 1 amide bonds. The minimum atomic E-state index is -0.170. The SMILES string of the molecule is CN(CC(=O)Nc1ccccc1Cl)c1ccncc1N. The highest BCUT2D eigenvalue weighted by Gasteiger charge is 2.11. The van der Waals surface area contributed by atoms with Gasteiger partial charge in [-0.15, -0.1) is 0 Å². The second-order valence-electron chi connectivity index (χ2n) is 4.32. The van der Waals surface area contributed by atoms with Crippen LogP contribution in [0.2, 0.25) is 5.02 Å². The normalized spacial score (nSPS) is 10.1. The second-order valence-corrected chi connectivity index (χ2v) is 4.73. The Kier molecular flexibility index (Phi) is 4.42. The number of nitrogens with zero attached hydrogens (tertiary/aromatic N) is 2. The molecule has 0 spiro atoms. The van der Waals surface area contributed by atoms with Crippen molar-refractivity contribution < 1.29 is 4.79 Å². The van der Waals surface area contributed by atoms with Crippen molar-refractivity contribution in [3.05, 3.63) is 47.7 Å². The summed E-state index contributed by atoms with van der Waals surface area (Å²) in [4.78, 5) is 17.7. The lowest BCUT2D eigenvalue weighted by Gasteiger charge is -2.20. The van der Waals surface area contributed by atoms with E-state index in [0.717, 1.165) is 5.69 Å². The number of halogens is 1. The van der Waals surface area contributed by atoms with Crippen LogP contribution < -0.4 is 16.0 Å². The van der Waals surface area contributed by atoms with Crippen molar-refractivity contribution in [2.75, 3.05) is 29.5 Å². The number of nitrogens with one attached hydrogen (secondary N) is 1. The molecule has 0 saturated heterocycles. The molecule has 20 heavy (non-hydrogen) atoms. The summed E-state index contributed by atoms with van der Waals surface area (Å²) < 4.78 is 0. The van der Waals surface area contributed by atoms with Gasteiger partial charge in [0.2, 0.25) is 5.91 Å². The van der Waals surface area contributed by atoms with E-state index in [1.165, 1.54) is 0 Å². The van der Waals surface area contributed by atoms with Crippen LogP contribution in [0.5, 0.6) is 0 Å². The number of nitrogens with two attached hydrogens (primary N) is 1. The quantitative estimate of drug-likeness (QED) is 0.907. The molecular formula is C14H15ClN4O. The third-order valence-corrected chi connectivity index (χ3v) is 3.10. The van der Waals surface area contributed by atoms with E-state index in [0.29, 0.717) is 16.4 Å². The zero-order valence-electron chi connectivity index (χ0n) is 11.0. The first-order chi connectivity index (χ1) is 9.58. The summed E-state index contributed by atoms with van der Waals surface area (Å²) >= 11 is 5.99. The highest BCUT2D eigenvalue weighted by atomic mass is 35.5. The number of para-hydroxylation sites is 1. The van der Waals surface area contributed by atoms with Gasteiger partial charge in [0.05, 0.1) is 34.8 Å². The molecule has 0 atom stereocenters. The van der Waals surface area contributed by atoms with Crippen LogP contribution in [0.3, 0.4) is 0 Å². The summed E-state index contributed by atoms with van der Waals surface area (Å²) in [5.74, 6) is -0.170. The monoisotopic (exact) mass is 290 g/mol. The number of anilines is 3. The molecule has 6 heteroatoms. The van der Waals surface area contributed by atoms with Crippen LogP contribution in [0.4, 0.5) is 17.1 Å². The van der Waals surface area contributed by atoms with Gasteiger partial charge in [0, 0.05) is 13.2 Å². The second kappa shape index (κ2) is 6.25. The summed E-state index contributed by atoms with van der Waals surface area (Å²) in [5.41, 5.74) is 7.70. The molecule has 2 rings (SSSR count). The molecule has 104 valence electrons. The molecule has 0 aliphatic heterocycles. The average Bonchev–Trinajstić information content (AvgIpc) is 2.41. The minimum absolute atomic E-state index is 0.166. The van der Waals surface area contributed by atoms with Crippen LogP contribution in [0.15, 0.2) is 42.7 Å². The van der Waals surface area contributed by atoms with Gasteiger partial charge in [0.15, 0.2) is 0 Å². The molecule has 1 aromatic carbocycles. The maximum Gasteiger partial charge on any atom is 0.243 e. The van der Waals surface area contributed by atoms with Gasteiger partial charge >= 0.3 is 0 Å². The van der Waals surface area contributed by atoms with E-state index in [2.05, 4.69) is 10.3 Å². The Hall–Kier alpha value is -2.27. The number of rotatable bonds is 4. The van der Waals surface area contributed by atoms with Crippen LogP contribution in [-0.2, 0) is 4.79 Å². The molecular weight excluding hydrogens is 276 g/mol. The first-order valence-corrected chi connectivity index (χ1v) is 6.40. The fourth-order valence-electron chi connectivity index (χ4n) is 1.80. The van der Waals surface area contributed by atoms with E-state index in [1.807, 2.05) is 12.1 Å². The van der Waals surface area contributed by atoms with E-state index in [1.54, 1.807) is 42.5 Å². The van der Waals surface area contributed by atoms with E-state index >= 15 is 0 Å². The van der Waals surface area contributed by atoms with Crippen LogP contribution in [0, 0.1) is 0 Å². The van der Waals surface area contributed by atoms with Gasteiger partial charge in [-0.3, -0.25) is 9.78 Å². The highest BCUT2D eigenvalue weighted by molar-refractivity contribution is 6.33. The molecule has 1 aromatic heterocycles. The molecule has 1 heterocycles. The Morgan fingerprint density at radius 1 is 1.40 bits per heavy atom. The molecule has 0 radical (unpaired) electrons. The molecule has 0 bridgehead atoms. The average molecular weight is 291 g/mol. The van der Waals surface area contributed by atoms with Crippen LogP contribution in [0.1, 0.15) is 0 Å². The fraction of sp³-hybridized carbons (Fsp3) is 0.143. The largest absolute Gasteiger partial charge is 0.396 e. The van der Waals surface area contributed by atoms with Crippen molar-refractivity contribution in [2.24, 2.45) is 0 Å². The van der Waals surface area contributed by atoms with Crippen LogP contribution >= 0.6 is 11.6 Å². The van der Waals surface area contributed by atoms with Crippen LogP contribution in [0.25, 0.3) is 0 Å². The lowest BCUT2D eigenvalue weighted by Crippen LogP contribution is -2.30. The number of aromatic nitrogens is 1. The van der Waals surface area contributed by atoms with Crippen LogP contribution in [-0.4, -0.2) is 24.5 Å². The van der Waals surface area contributed by atoms with Crippen molar-refractivity contribution >= 4 is 34.6 Å². The number of amides is 1. The van der Waals surface area contributed by atoms with Crippen molar-refractivity contribution in [3.8, 4) is 0 Å². The standard InChI is InChI=1S/C14H15ClN4O/c1-19(13-6-7-17-8-11(13)16)9-14(20)18-12-5-3-2-4-10(12)15/h2-8H,9,16H2,1H3,(H,18,20). The minimum Gasteiger partial charge on any atom is -0.396 e. The number of hydrogen-bond acceptors (Lipinski definition) is 4. The molecule has 3 N–H and O–H groups in total. The molecule has 0 fully saturated rings. The number of carbonyl (C=O) groups excluding carboxylic acids is 1. The Morgan fingerprint density at radius 2 is 2.15 bits per heavy atom. The van der Waals surface area contributed by atoms with Crippen molar-refractivity contribution in [1.82, 2.24) is 4.98 Å². The number of hydrogen-bond donors (Lipinski definition) is 2. The van der Waals surface area contributed by atoms with Crippen molar-refractivity contribution in [2.45, 2.75) is 0 Å². The molecule has 2 aromatic rings. The maximum absolute atomic E-state index is 12.0.